The molecule has 0 amide bonds. The van der Waals surface area contributed by atoms with Crippen LogP contribution >= 0.6 is 0 Å². The molecule has 0 N–H and O–H groups in total. The Balaban J connectivity index is 1.69. The number of carbonyl (C=O) groups excluding carboxylic acids is 1. The fourth-order valence-electron chi connectivity index (χ4n) is 3.14. The topological polar surface area (TPSA) is 43.1 Å². The van der Waals surface area contributed by atoms with Crippen molar-refractivity contribution in [3.8, 4) is 0 Å². The third kappa shape index (κ3) is 3.35. The average Bonchev–Trinajstić information content (AvgIpc) is 2.59. The van der Waals surface area contributed by atoms with Crippen molar-refractivity contribution < 1.29 is 9.53 Å². The van der Waals surface area contributed by atoms with Crippen LogP contribution in [0.2, 0.25) is 0 Å². The summed E-state index contributed by atoms with van der Waals surface area (Å²) in [5.41, 5.74) is 0.673. The summed E-state index contributed by atoms with van der Waals surface area (Å²) in [6.45, 7) is 0. The van der Waals surface area contributed by atoms with E-state index >= 15 is 0 Å². The van der Waals surface area contributed by atoms with E-state index < -0.39 is 0 Å². The van der Waals surface area contributed by atoms with Crippen LogP contribution in [-0.4, -0.2) is 22.8 Å². The molecule has 0 spiro atoms. The molecule has 3 heteroatoms. The second kappa shape index (κ2) is 6.73. The number of nitrogens with zero attached hydrogens (tertiary/aromatic N) is 1. The Labute approximate surface area is 130 Å². The maximum atomic E-state index is 12.3. The minimum atomic E-state index is 0.00223. The fraction of sp³-hybridized carbons (Fsp3) is 0.368. The van der Waals surface area contributed by atoms with Crippen LogP contribution in [0.15, 0.2) is 42.5 Å². The molecule has 1 saturated carbocycles. The van der Waals surface area contributed by atoms with Crippen molar-refractivity contribution in [2.75, 3.05) is 0 Å². The molecule has 2 aromatic rings. The number of hydrogen-bond donors (Lipinski definition) is 0. The molecule has 0 aliphatic heterocycles. The molecule has 114 valence electrons. The number of hydroxylamine groups is 1. The summed E-state index contributed by atoms with van der Waals surface area (Å²) < 4.78 is 1.01. The van der Waals surface area contributed by atoms with E-state index in [1.54, 1.807) is 0 Å². The molecular formula is C19H21NO2. The summed E-state index contributed by atoms with van der Waals surface area (Å²) in [7, 11) is 0. The van der Waals surface area contributed by atoms with E-state index in [0.717, 1.165) is 41.2 Å². The quantitative estimate of drug-likeness (QED) is 0.277. The van der Waals surface area contributed by atoms with Crippen molar-refractivity contribution in [3.05, 3.63) is 53.2 Å². The fourth-order valence-corrected chi connectivity index (χ4v) is 3.14. The Morgan fingerprint density at radius 2 is 1.82 bits per heavy atom. The largest absolute Gasteiger partial charge is 0.624 e. The first-order valence-corrected chi connectivity index (χ1v) is 8.05. The third-order valence-electron chi connectivity index (χ3n) is 4.46. The smallest absolute Gasteiger partial charge is 0.172 e. The average molecular weight is 295 g/mol. The minimum Gasteiger partial charge on any atom is -0.624 e. The predicted octanol–water partition coefficient (Wildman–Crippen LogP) is 4.33. The van der Waals surface area contributed by atoms with Crippen molar-refractivity contribution in [2.24, 2.45) is 0 Å². The van der Waals surface area contributed by atoms with Crippen LogP contribution in [0.1, 0.15) is 48.9 Å². The summed E-state index contributed by atoms with van der Waals surface area (Å²) in [5, 5.41) is 14.2. The van der Waals surface area contributed by atoms with Crippen LogP contribution in [0.3, 0.4) is 0 Å². The van der Waals surface area contributed by atoms with Crippen LogP contribution in [0.5, 0.6) is 0 Å². The molecule has 0 aromatic heterocycles. The van der Waals surface area contributed by atoms with Gasteiger partial charge < -0.3 is 5.21 Å². The van der Waals surface area contributed by atoms with Gasteiger partial charge in [-0.05, 0) is 29.7 Å². The number of benzene rings is 2. The van der Waals surface area contributed by atoms with Crippen LogP contribution in [-0.2, 0) is 0 Å². The maximum absolute atomic E-state index is 12.3. The summed E-state index contributed by atoms with van der Waals surface area (Å²) in [6, 6.07) is 13.7. The van der Waals surface area contributed by atoms with Crippen molar-refractivity contribution in [3.63, 3.8) is 0 Å². The molecule has 1 aliphatic rings. The van der Waals surface area contributed by atoms with Gasteiger partial charge in [-0.2, -0.15) is 0 Å². The Morgan fingerprint density at radius 3 is 2.59 bits per heavy atom. The first kappa shape index (κ1) is 14.8. The van der Waals surface area contributed by atoms with Gasteiger partial charge in [0, 0.05) is 18.4 Å². The standard InChI is InChI=1S/C19H21NO2/c21-19(12-13-20(22)18-8-2-1-3-9-18)17-11-10-15-6-4-5-7-16(15)14-17/h4-7,10-11,13-14,18H,1-3,8-9,12H2/b20-13-. The summed E-state index contributed by atoms with van der Waals surface area (Å²) in [4.78, 5) is 12.3. The lowest BCUT2D eigenvalue weighted by molar-refractivity contribution is -0.501. The van der Waals surface area contributed by atoms with Gasteiger partial charge in [-0.25, -0.2) is 4.74 Å². The molecule has 0 heterocycles. The lowest BCUT2D eigenvalue weighted by atomic mass is 9.96. The zero-order valence-corrected chi connectivity index (χ0v) is 12.7. The Bertz CT molecular complexity index is 699. The van der Waals surface area contributed by atoms with Crippen LogP contribution < -0.4 is 0 Å². The molecule has 3 nitrogen and oxygen atoms in total. The van der Waals surface area contributed by atoms with Gasteiger partial charge >= 0.3 is 0 Å². The van der Waals surface area contributed by atoms with E-state index in [4.69, 9.17) is 0 Å². The third-order valence-corrected chi connectivity index (χ3v) is 4.46. The van der Waals surface area contributed by atoms with Crippen molar-refractivity contribution in [1.82, 2.24) is 0 Å². The zero-order chi connectivity index (χ0) is 15.4. The number of carbonyl (C=O) groups is 1. The minimum absolute atomic E-state index is 0.00223. The zero-order valence-electron chi connectivity index (χ0n) is 12.7. The molecule has 0 saturated heterocycles. The van der Waals surface area contributed by atoms with Gasteiger partial charge in [-0.15, -0.1) is 0 Å². The van der Waals surface area contributed by atoms with Gasteiger partial charge in [0.25, 0.3) is 0 Å². The molecule has 0 unspecified atom stereocenters. The molecule has 2 aromatic carbocycles. The Morgan fingerprint density at radius 1 is 1.09 bits per heavy atom. The van der Waals surface area contributed by atoms with E-state index in [1.807, 2.05) is 42.5 Å². The maximum Gasteiger partial charge on any atom is 0.172 e. The van der Waals surface area contributed by atoms with E-state index in [9.17, 15) is 10.0 Å². The van der Waals surface area contributed by atoms with E-state index in [1.165, 1.54) is 12.6 Å². The van der Waals surface area contributed by atoms with Crippen molar-refractivity contribution in [1.29, 1.82) is 0 Å². The molecule has 0 radical (unpaired) electrons. The van der Waals surface area contributed by atoms with E-state index in [2.05, 4.69) is 0 Å². The Hall–Kier alpha value is -2.16. The lowest BCUT2D eigenvalue weighted by Crippen LogP contribution is -2.25. The molecule has 22 heavy (non-hydrogen) atoms. The first-order chi connectivity index (χ1) is 10.7. The first-order valence-electron chi connectivity index (χ1n) is 8.05. The normalized spacial score (nSPS) is 16.8. The van der Waals surface area contributed by atoms with Crippen LogP contribution in [0, 0.1) is 5.21 Å². The summed E-state index contributed by atoms with van der Waals surface area (Å²) in [6.07, 6.45) is 7.06. The molecule has 1 fully saturated rings. The lowest BCUT2D eigenvalue weighted by Gasteiger charge is -2.20. The van der Waals surface area contributed by atoms with Gasteiger partial charge in [-0.1, -0.05) is 42.8 Å². The molecule has 0 bridgehead atoms. The van der Waals surface area contributed by atoms with Crippen LogP contribution in [0.4, 0.5) is 0 Å². The predicted molar refractivity (Wildman–Crippen MR) is 89.5 cm³/mol. The molecule has 0 atom stereocenters. The number of fused-ring (bicyclic) bond motifs is 1. The van der Waals surface area contributed by atoms with Crippen LogP contribution in [0.25, 0.3) is 10.8 Å². The highest BCUT2D eigenvalue weighted by atomic mass is 16.5. The number of hydrogen-bond acceptors (Lipinski definition) is 2. The van der Waals surface area contributed by atoms with E-state index in [0.29, 0.717) is 5.56 Å². The van der Waals surface area contributed by atoms with Gasteiger partial charge in [0.2, 0.25) is 0 Å². The Kier molecular flexibility index (Phi) is 4.52. The highest BCUT2D eigenvalue weighted by Crippen LogP contribution is 2.20. The van der Waals surface area contributed by atoms with Gasteiger partial charge in [0.1, 0.15) is 0 Å². The van der Waals surface area contributed by atoms with Gasteiger partial charge in [-0.3, -0.25) is 4.79 Å². The molecular weight excluding hydrogens is 274 g/mol. The van der Waals surface area contributed by atoms with Gasteiger partial charge in [0.15, 0.2) is 18.0 Å². The second-order valence-corrected chi connectivity index (χ2v) is 6.02. The number of ketones is 1. The summed E-state index contributed by atoms with van der Waals surface area (Å²) >= 11 is 0. The highest BCUT2D eigenvalue weighted by molar-refractivity contribution is 6.05. The van der Waals surface area contributed by atoms with Gasteiger partial charge in [0.05, 0.1) is 6.42 Å². The van der Waals surface area contributed by atoms with Crippen molar-refractivity contribution >= 4 is 22.8 Å². The monoisotopic (exact) mass is 295 g/mol. The number of rotatable bonds is 4. The van der Waals surface area contributed by atoms with E-state index in [-0.39, 0.29) is 18.2 Å². The molecule has 3 rings (SSSR count). The SMILES string of the molecule is O=C(C/C=[N+](\[O-])C1CCCCC1)c1ccc2ccccc2c1. The van der Waals surface area contributed by atoms with Crippen molar-refractivity contribution in [2.45, 2.75) is 44.6 Å². The highest BCUT2D eigenvalue weighted by Gasteiger charge is 2.19. The number of Topliss-reactive ketones (excluding diaryl/α,β-unsaturated/α-hetero) is 1. The second-order valence-electron chi connectivity index (χ2n) is 6.02. The molecule has 1 aliphatic carbocycles. The summed E-state index contributed by atoms with van der Waals surface area (Å²) in [5.74, 6) is 0.00223.